The molecular formula is C14H17N3O2S. The molecule has 2 aromatic rings. The number of nitrogens with zero attached hydrogens (tertiary/aromatic N) is 1. The van der Waals surface area contributed by atoms with Crippen LogP contribution in [0.3, 0.4) is 0 Å². The van der Waals surface area contributed by atoms with Gasteiger partial charge in [0, 0.05) is 10.4 Å². The van der Waals surface area contributed by atoms with Crippen LogP contribution in [0.4, 0.5) is 5.69 Å². The molecule has 20 heavy (non-hydrogen) atoms. The van der Waals surface area contributed by atoms with Gasteiger partial charge in [-0.3, -0.25) is 4.79 Å². The van der Waals surface area contributed by atoms with E-state index in [0.717, 1.165) is 16.3 Å². The highest BCUT2D eigenvalue weighted by molar-refractivity contribution is 7.09. The summed E-state index contributed by atoms with van der Waals surface area (Å²) in [6.45, 7) is 4.01. The van der Waals surface area contributed by atoms with E-state index in [2.05, 4.69) is 10.3 Å². The molecule has 0 radical (unpaired) electrons. The van der Waals surface area contributed by atoms with E-state index in [1.807, 2.05) is 19.4 Å². The van der Waals surface area contributed by atoms with E-state index in [-0.39, 0.29) is 6.04 Å². The number of aryl methyl sites for hydroxylation is 1. The maximum absolute atomic E-state index is 11.3. The lowest BCUT2D eigenvalue weighted by molar-refractivity contribution is 0.100. The average Bonchev–Trinajstić information content (AvgIpc) is 2.84. The molecule has 2 rings (SSSR count). The number of benzene rings is 1. The van der Waals surface area contributed by atoms with E-state index in [1.165, 1.54) is 0 Å². The SMILES string of the molecule is COc1ccc(C(N)=O)cc1NC(C)c1scnc1C. The Morgan fingerprint density at radius 3 is 2.80 bits per heavy atom. The van der Waals surface area contributed by atoms with Gasteiger partial charge >= 0.3 is 0 Å². The van der Waals surface area contributed by atoms with Crippen LogP contribution in [-0.4, -0.2) is 18.0 Å². The van der Waals surface area contributed by atoms with Gasteiger partial charge in [-0.25, -0.2) is 4.98 Å². The monoisotopic (exact) mass is 291 g/mol. The Balaban J connectivity index is 2.29. The fourth-order valence-corrected chi connectivity index (χ4v) is 2.81. The van der Waals surface area contributed by atoms with Crippen molar-refractivity contribution in [3.05, 3.63) is 39.8 Å². The number of anilines is 1. The van der Waals surface area contributed by atoms with Gasteiger partial charge in [0.15, 0.2) is 0 Å². The van der Waals surface area contributed by atoms with Crippen LogP contribution in [-0.2, 0) is 0 Å². The average molecular weight is 291 g/mol. The van der Waals surface area contributed by atoms with Gasteiger partial charge in [-0.1, -0.05) is 0 Å². The fourth-order valence-electron chi connectivity index (χ4n) is 2.00. The Hall–Kier alpha value is -2.08. The van der Waals surface area contributed by atoms with Crippen LogP contribution in [0.2, 0.25) is 0 Å². The first kappa shape index (κ1) is 14.3. The zero-order valence-electron chi connectivity index (χ0n) is 11.6. The molecule has 0 spiro atoms. The van der Waals surface area contributed by atoms with E-state index in [1.54, 1.807) is 36.6 Å². The summed E-state index contributed by atoms with van der Waals surface area (Å²) in [5.41, 5.74) is 9.31. The van der Waals surface area contributed by atoms with Gasteiger partial charge < -0.3 is 15.8 Å². The zero-order valence-corrected chi connectivity index (χ0v) is 12.5. The summed E-state index contributed by atoms with van der Waals surface area (Å²) in [6, 6.07) is 5.15. The van der Waals surface area contributed by atoms with E-state index >= 15 is 0 Å². The number of carbonyl (C=O) groups is 1. The first-order chi connectivity index (χ1) is 9.52. The molecule has 1 aromatic heterocycles. The summed E-state index contributed by atoms with van der Waals surface area (Å²) in [5.74, 6) is 0.210. The summed E-state index contributed by atoms with van der Waals surface area (Å²) >= 11 is 1.59. The first-order valence-electron chi connectivity index (χ1n) is 6.17. The third kappa shape index (κ3) is 2.91. The van der Waals surface area contributed by atoms with Crippen molar-refractivity contribution < 1.29 is 9.53 Å². The van der Waals surface area contributed by atoms with Gasteiger partial charge in [0.25, 0.3) is 0 Å². The third-order valence-electron chi connectivity index (χ3n) is 3.03. The van der Waals surface area contributed by atoms with Crippen molar-refractivity contribution in [3.8, 4) is 5.75 Å². The number of rotatable bonds is 5. The molecule has 0 fully saturated rings. The molecule has 5 nitrogen and oxygen atoms in total. The van der Waals surface area contributed by atoms with Crippen molar-refractivity contribution in [2.75, 3.05) is 12.4 Å². The van der Waals surface area contributed by atoms with Crippen LogP contribution < -0.4 is 15.8 Å². The van der Waals surface area contributed by atoms with Gasteiger partial charge in [-0.15, -0.1) is 11.3 Å². The number of ether oxygens (including phenoxy) is 1. The molecule has 1 atom stereocenters. The lowest BCUT2D eigenvalue weighted by atomic mass is 10.1. The predicted octanol–water partition coefficient (Wildman–Crippen LogP) is 2.73. The van der Waals surface area contributed by atoms with Crippen molar-refractivity contribution >= 4 is 22.9 Å². The Labute approximate surface area is 121 Å². The molecular weight excluding hydrogens is 274 g/mol. The summed E-state index contributed by atoms with van der Waals surface area (Å²) in [6.07, 6.45) is 0. The number of primary amides is 1. The quantitative estimate of drug-likeness (QED) is 0.888. The van der Waals surface area contributed by atoms with Crippen LogP contribution >= 0.6 is 11.3 Å². The van der Waals surface area contributed by atoms with Gasteiger partial charge in [0.1, 0.15) is 5.75 Å². The highest BCUT2D eigenvalue weighted by Gasteiger charge is 2.14. The molecule has 0 aliphatic carbocycles. The van der Waals surface area contributed by atoms with E-state index in [4.69, 9.17) is 10.5 Å². The molecule has 3 N–H and O–H groups in total. The molecule has 1 heterocycles. The second-order valence-electron chi connectivity index (χ2n) is 4.45. The molecule has 0 saturated heterocycles. The topological polar surface area (TPSA) is 77.2 Å². The molecule has 0 aliphatic heterocycles. The number of methoxy groups -OCH3 is 1. The van der Waals surface area contributed by atoms with Crippen molar-refractivity contribution in [3.63, 3.8) is 0 Å². The number of nitrogens with one attached hydrogen (secondary N) is 1. The van der Waals surface area contributed by atoms with E-state index < -0.39 is 5.91 Å². The minimum atomic E-state index is -0.461. The Bertz CT molecular complexity index is 625. The van der Waals surface area contributed by atoms with E-state index in [0.29, 0.717) is 11.3 Å². The number of aromatic nitrogens is 1. The van der Waals surface area contributed by atoms with Gasteiger partial charge in [0.2, 0.25) is 5.91 Å². The summed E-state index contributed by atoms with van der Waals surface area (Å²) in [5, 5.41) is 3.34. The number of hydrogen-bond acceptors (Lipinski definition) is 5. The number of hydrogen-bond donors (Lipinski definition) is 2. The molecule has 0 saturated carbocycles. The lowest BCUT2D eigenvalue weighted by Gasteiger charge is -2.17. The number of carbonyl (C=O) groups excluding carboxylic acids is 1. The van der Waals surface area contributed by atoms with Crippen molar-refractivity contribution in [1.29, 1.82) is 0 Å². The second-order valence-corrected chi connectivity index (χ2v) is 5.33. The number of nitrogens with two attached hydrogens (primary N) is 1. The summed E-state index contributed by atoms with van der Waals surface area (Å²) < 4.78 is 5.30. The molecule has 106 valence electrons. The highest BCUT2D eigenvalue weighted by Crippen LogP contribution is 2.31. The predicted molar refractivity (Wildman–Crippen MR) is 80.4 cm³/mol. The molecule has 0 aliphatic rings. The Morgan fingerprint density at radius 1 is 1.50 bits per heavy atom. The standard InChI is InChI=1S/C14H17N3O2S/c1-8-13(20-7-16-8)9(2)17-11-6-10(14(15)18)4-5-12(11)19-3/h4-7,9,17H,1-3H3,(H2,15,18). The first-order valence-corrected chi connectivity index (χ1v) is 7.05. The minimum absolute atomic E-state index is 0.0690. The second kappa shape index (κ2) is 5.92. The Morgan fingerprint density at radius 2 is 2.25 bits per heavy atom. The van der Waals surface area contributed by atoms with Gasteiger partial charge in [-0.2, -0.15) is 0 Å². The van der Waals surface area contributed by atoms with Crippen LogP contribution in [0, 0.1) is 6.92 Å². The Kier molecular flexibility index (Phi) is 4.24. The molecule has 1 amide bonds. The smallest absolute Gasteiger partial charge is 0.248 e. The fraction of sp³-hybridized carbons (Fsp3) is 0.286. The van der Waals surface area contributed by atoms with Gasteiger partial charge in [-0.05, 0) is 32.0 Å². The van der Waals surface area contributed by atoms with Crippen LogP contribution in [0.15, 0.2) is 23.7 Å². The third-order valence-corrected chi connectivity index (χ3v) is 4.15. The minimum Gasteiger partial charge on any atom is -0.495 e. The number of amides is 1. The highest BCUT2D eigenvalue weighted by atomic mass is 32.1. The van der Waals surface area contributed by atoms with Crippen molar-refractivity contribution in [2.24, 2.45) is 5.73 Å². The lowest BCUT2D eigenvalue weighted by Crippen LogP contribution is -2.13. The molecule has 0 bridgehead atoms. The van der Waals surface area contributed by atoms with Crippen molar-refractivity contribution in [2.45, 2.75) is 19.9 Å². The molecule has 6 heteroatoms. The maximum Gasteiger partial charge on any atom is 0.248 e. The van der Waals surface area contributed by atoms with Crippen molar-refractivity contribution in [1.82, 2.24) is 4.98 Å². The summed E-state index contributed by atoms with van der Waals surface area (Å²) in [4.78, 5) is 16.7. The number of thiazole rings is 1. The van der Waals surface area contributed by atoms with E-state index in [9.17, 15) is 4.79 Å². The van der Waals surface area contributed by atoms with Crippen LogP contribution in [0.1, 0.15) is 33.9 Å². The van der Waals surface area contributed by atoms with Gasteiger partial charge in [0.05, 0.1) is 30.0 Å². The molecule has 1 aromatic carbocycles. The largest absolute Gasteiger partial charge is 0.495 e. The zero-order chi connectivity index (χ0) is 14.7. The normalized spacial score (nSPS) is 11.9. The van der Waals surface area contributed by atoms with Crippen LogP contribution in [0.25, 0.3) is 0 Å². The summed E-state index contributed by atoms with van der Waals surface area (Å²) in [7, 11) is 1.59. The maximum atomic E-state index is 11.3. The molecule has 1 unspecified atom stereocenters. The van der Waals surface area contributed by atoms with Crippen LogP contribution in [0.5, 0.6) is 5.75 Å².